The SMILES string of the molecule is O=C1Nc2ccc([N+](=O)[O-])cc2C1C(=Nc1ccc(Cc2[nH]c(=O)[nH]c2O)cc1)c1ccccc1. The fourth-order valence-corrected chi connectivity index (χ4v) is 4.11. The van der Waals surface area contributed by atoms with Crippen LogP contribution in [-0.4, -0.2) is 31.6 Å². The molecule has 4 aromatic rings. The molecule has 5 rings (SSSR count). The highest BCUT2D eigenvalue weighted by molar-refractivity contribution is 6.24. The molecular weight excluding hydrogens is 450 g/mol. The summed E-state index contributed by atoms with van der Waals surface area (Å²) in [6, 6.07) is 20.6. The van der Waals surface area contributed by atoms with E-state index < -0.39 is 16.5 Å². The van der Waals surface area contributed by atoms with Crippen LogP contribution < -0.4 is 11.0 Å². The third kappa shape index (κ3) is 4.32. The Morgan fingerprint density at radius 2 is 1.74 bits per heavy atom. The summed E-state index contributed by atoms with van der Waals surface area (Å²) in [6.45, 7) is 0. The first-order valence-electron chi connectivity index (χ1n) is 10.7. The molecule has 1 amide bonds. The van der Waals surface area contributed by atoms with E-state index in [1.807, 2.05) is 30.3 Å². The Kier molecular flexibility index (Phi) is 5.46. The Morgan fingerprint density at radius 1 is 1.00 bits per heavy atom. The highest BCUT2D eigenvalue weighted by Crippen LogP contribution is 2.38. The topological polar surface area (TPSA) is 153 Å². The number of aromatic hydroxyl groups is 1. The van der Waals surface area contributed by atoms with Crippen molar-refractivity contribution in [1.82, 2.24) is 9.97 Å². The van der Waals surface area contributed by atoms with Crippen LogP contribution in [0.15, 0.2) is 82.6 Å². The average Bonchev–Trinajstić information content (AvgIpc) is 3.35. The monoisotopic (exact) mass is 469 g/mol. The number of amides is 1. The van der Waals surface area contributed by atoms with Crippen molar-refractivity contribution in [2.75, 3.05) is 5.32 Å². The molecule has 0 aliphatic carbocycles. The van der Waals surface area contributed by atoms with Gasteiger partial charge >= 0.3 is 5.69 Å². The van der Waals surface area contributed by atoms with E-state index in [1.165, 1.54) is 18.2 Å². The number of nitrogens with zero attached hydrogens (tertiary/aromatic N) is 2. The average molecular weight is 469 g/mol. The van der Waals surface area contributed by atoms with E-state index in [0.29, 0.717) is 40.3 Å². The molecule has 1 atom stereocenters. The van der Waals surface area contributed by atoms with Gasteiger partial charge in [0.1, 0.15) is 5.92 Å². The van der Waals surface area contributed by atoms with Gasteiger partial charge in [-0.05, 0) is 29.3 Å². The summed E-state index contributed by atoms with van der Waals surface area (Å²) < 4.78 is 0. The van der Waals surface area contributed by atoms with E-state index in [4.69, 9.17) is 4.99 Å². The van der Waals surface area contributed by atoms with Crippen LogP contribution in [0.5, 0.6) is 5.88 Å². The van der Waals surface area contributed by atoms with Crippen molar-refractivity contribution in [2.45, 2.75) is 12.3 Å². The van der Waals surface area contributed by atoms with Crippen molar-refractivity contribution in [3.8, 4) is 5.88 Å². The van der Waals surface area contributed by atoms with Crippen LogP contribution >= 0.6 is 0 Å². The third-order valence-corrected chi connectivity index (χ3v) is 5.77. The molecule has 3 aromatic carbocycles. The minimum Gasteiger partial charge on any atom is -0.493 e. The standard InChI is InChI=1S/C25H19N5O5/c31-23-20(28-25(33)29-23)12-14-6-8-16(9-7-14)26-22(15-4-2-1-3-5-15)21-18-13-17(30(34)35)10-11-19(18)27-24(21)32/h1-11,13,21,31H,12H2,(H,27,32)(H2,28,29,33). The lowest BCUT2D eigenvalue weighted by Crippen LogP contribution is -2.22. The van der Waals surface area contributed by atoms with Gasteiger partial charge in [-0.15, -0.1) is 0 Å². The van der Waals surface area contributed by atoms with Crippen molar-refractivity contribution < 1.29 is 14.8 Å². The van der Waals surface area contributed by atoms with Crippen LogP contribution in [0.1, 0.15) is 28.3 Å². The molecule has 0 saturated carbocycles. The first-order chi connectivity index (χ1) is 16.9. The maximum Gasteiger partial charge on any atom is 0.325 e. The number of fused-ring (bicyclic) bond motifs is 1. The highest BCUT2D eigenvalue weighted by Gasteiger charge is 2.36. The Labute approximate surface area is 198 Å². The van der Waals surface area contributed by atoms with Crippen molar-refractivity contribution >= 4 is 28.7 Å². The van der Waals surface area contributed by atoms with Crippen LogP contribution in [0, 0.1) is 10.1 Å². The number of imidazole rings is 1. The molecule has 1 aliphatic heterocycles. The number of nitro benzene ring substituents is 1. The molecule has 174 valence electrons. The fourth-order valence-electron chi connectivity index (χ4n) is 4.11. The van der Waals surface area contributed by atoms with Crippen LogP contribution in [-0.2, 0) is 11.2 Å². The van der Waals surface area contributed by atoms with Crippen LogP contribution in [0.2, 0.25) is 0 Å². The van der Waals surface area contributed by atoms with Gasteiger partial charge in [-0.3, -0.25) is 24.9 Å². The second-order valence-electron chi connectivity index (χ2n) is 8.06. The summed E-state index contributed by atoms with van der Waals surface area (Å²) >= 11 is 0. The van der Waals surface area contributed by atoms with Crippen molar-refractivity contribution in [3.63, 3.8) is 0 Å². The van der Waals surface area contributed by atoms with Gasteiger partial charge in [-0.1, -0.05) is 42.5 Å². The van der Waals surface area contributed by atoms with Gasteiger partial charge in [0.2, 0.25) is 11.8 Å². The normalized spacial score (nSPS) is 15.0. The lowest BCUT2D eigenvalue weighted by Gasteiger charge is -2.14. The van der Waals surface area contributed by atoms with Gasteiger partial charge in [0.25, 0.3) is 5.69 Å². The first kappa shape index (κ1) is 21.8. The number of nitro groups is 1. The van der Waals surface area contributed by atoms with Crippen LogP contribution in [0.3, 0.4) is 0 Å². The number of nitrogens with one attached hydrogen (secondary N) is 3. The van der Waals surface area contributed by atoms with Crippen LogP contribution in [0.25, 0.3) is 0 Å². The Bertz CT molecular complexity index is 1520. The summed E-state index contributed by atoms with van der Waals surface area (Å²) in [6.07, 6.45) is 0.308. The van der Waals surface area contributed by atoms with E-state index in [1.54, 1.807) is 24.3 Å². The summed E-state index contributed by atoms with van der Waals surface area (Å²) in [4.78, 5) is 44.8. The van der Waals surface area contributed by atoms with Crippen molar-refractivity contribution in [1.29, 1.82) is 0 Å². The molecule has 0 fully saturated rings. The molecule has 0 radical (unpaired) electrons. The quantitative estimate of drug-likeness (QED) is 0.192. The number of aliphatic imine (C=N–C) groups is 1. The lowest BCUT2D eigenvalue weighted by molar-refractivity contribution is -0.384. The maximum atomic E-state index is 13.0. The van der Waals surface area contributed by atoms with Crippen molar-refractivity contribution in [2.24, 2.45) is 4.99 Å². The summed E-state index contributed by atoms with van der Waals surface area (Å²) in [5.74, 6) is -1.34. The second kappa shape index (κ2) is 8.75. The summed E-state index contributed by atoms with van der Waals surface area (Å²) in [5.41, 5.74) is 3.38. The zero-order valence-corrected chi connectivity index (χ0v) is 18.2. The van der Waals surface area contributed by atoms with Gasteiger partial charge in [-0.25, -0.2) is 4.79 Å². The fraction of sp³-hybridized carbons (Fsp3) is 0.0800. The number of non-ortho nitro benzene ring substituents is 1. The molecule has 4 N–H and O–H groups in total. The number of benzene rings is 3. The molecule has 10 heteroatoms. The summed E-state index contributed by atoms with van der Waals surface area (Å²) in [5, 5.41) is 23.9. The van der Waals surface area contributed by atoms with Gasteiger partial charge in [-0.2, -0.15) is 0 Å². The molecule has 10 nitrogen and oxygen atoms in total. The van der Waals surface area contributed by atoms with Gasteiger partial charge in [0.15, 0.2) is 0 Å². The zero-order chi connectivity index (χ0) is 24.5. The minimum atomic E-state index is -0.825. The number of carbonyl (C=O) groups is 1. The minimum absolute atomic E-state index is 0.104. The molecule has 2 heterocycles. The molecule has 35 heavy (non-hydrogen) atoms. The predicted molar refractivity (Wildman–Crippen MR) is 129 cm³/mol. The Hall–Kier alpha value is -4.99. The highest BCUT2D eigenvalue weighted by atomic mass is 16.6. The Balaban J connectivity index is 1.54. The number of rotatable bonds is 6. The van der Waals surface area contributed by atoms with E-state index in [9.17, 15) is 24.8 Å². The maximum absolute atomic E-state index is 13.0. The van der Waals surface area contributed by atoms with Crippen LogP contribution in [0.4, 0.5) is 17.1 Å². The number of aromatic amines is 2. The molecule has 1 unspecified atom stereocenters. The molecule has 0 saturated heterocycles. The number of H-pyrrole nitrogens is 2. The van der Waals surface area contributed by atoms with E-state index >= 15 is 0 Å². The lowest BCUT2D eigenvalue weighted by atomic mass is 9.90. The molecule has 1 aliphatic rings. The first-order valence-corrected chi connectivity index (χ1v) is 10.7. The smallest absolute Gasteiger partial charge is 0.325 e. The number of aromatic nitrogens is 2. The van der Waals surface area contributed by atoms with Crippen molar-refractivity contribution in [3.05, 3.63) is 116 Å². The van der Waals surface area contributed by atoms with Gasteiger partial charge in [0.05, 0.1) is 22.0 Å². The number of hydrogen-bond donors (Lipinski definition) is 4. The number of anilines is 1. The summed E-state index contributed by atoms with van der Waals surface area (Å²) in [7, 11) is 0. The largest absolute Gasteiger partial charge is 0.493 e. The third-order valence-electron chi connectivity index (χ3n) is 5.77. The molecule has 1 aromatic heterocycles. The molecule has 0 bridgehead atoms. The molecular formula is C25H19N5O5. The Morgan fingerprint density at radius 3 is 2.40 bits per heavy atom. The number of hydrogen-bond acceptors (Lipinski definition) is 6. The van der Waals surface area contributed by atoms with Gasteiger partial charge in [0, 0.05) is 29.8 Å². The van der Waals surface area contributed by atoms with E-state index in [-0.39, 0.29) is 17.5 Å². The second-order valence-corrected chi connectivity index (χ2v) is 8.06. The van der Waals surface area contributed by atoms with E-state index in [2.05, 4.69) is 15.3 Å². The number of carbonyl (C=O) groups excluding carboxylic acids is 1. The predicted octanol–water partition coefficient (Wildman–Crippen LogP) is 3.76. The van der Waals surface area contributed by atoms with Gasteiger partial charge < -0.3 is 15.4 Å². The molecule has 0 spiro atoms. The van der Waals surface area contributed by atoms with E-state index in [0.717, 1.165) is 5.56 Å². The zero-order valence-electron chi connectivity index (χ0n) is 18.2.